The number of nitriles is 2. The Hall–Kier alpha value is -4.68. The molecule has 3 aromatic carbocycles. The molecule has 530 valence electrons. The second-order valence-electron chi connectivity index (χ2n) is 28.6. The van der Waals surface area contributed by atoms with Gasteiger partial charge in [-0.15, -0.1) is 0 Å². The summed E-state index contributed by atoms with van der Waals surface area (Å²) in [5.41, 5.74) is 4.46. The number of benzene rings is 3. The Morgan fingerprint density at radius 1 is 0.287 bits per heavy atom. The highest BCUT2D eigenvalue weighted by molar-refractivity contribution is 5.93. The van der Waals surface area contributed by atoms with Crippen molar-refractivity contribution in [3.05, 3.63) is 82.9 Å². The first-order valence-electron chi connectivity index (χ1n) is 40.4. The van der Waals surface area contributed by atoms with Crippen LogP contribution in [0.2, 0.25) is 0 Å². The zero-order valence-electron chi connectivity index (χ0n) is 62.5. The first-order chi connectivity index (χ1) is 46.3. The topological polar surface area (TPSA) is 84.5 Å². The Morgan fingerprint density at radius 3 is 0.734 bits per heavy atom. The molecule has 4 unspecified atom stereocenters. The van der Waals surface area contributed by atoms with Crippen LogP contribution in [0, 0.1) is 46.3 Å². The van der Waals surface area contributed by atoms with Gasteiger partial charge in [0.05, 0.1) is 49.7 Å². The van der Waals surface area contributed by atoms with E-state index in [1.807, 2.05) is 36.4 Å². The molecule has 0 amide bonds. The highest BCUT2D eigenvalue weighted by Gasteiger charge is 2.19. The van der Waals surface area contributed by atoms with Gasteiger partial charge in [0.1, 0.15) is 23.0 Å². The molecule has 3 rings (SSSR count). The second kappa shape index (κ2) is 58.5. The molecule has 0 aliphatic carbocycles. The largest absolute Gasteiger partial charge is 0.493 e. The average molecular weight is 1290 g/mol. The molecule has 0 radical (unpaired) electrons. The summed E-state index contributed by atoms with van der Waals surface area (Å²) in [5, 5.41) is 21.9. The summed E-state index contributed by atoms with van der Waals surface area (Å²) < 4.78 is 27.5. The van der Waals surface area contributed by atoms with Crippen LogP contribution in [-0.4, -0.2) is 26.4 Å². The Balaban J connectivity index is 2.05. The monoisotopic (exact) mass is 1290 g/mol. The van der Waals surface area contributed by atoms with Gasteiger partial charge in [0, 0.05) is 23.3 Å². The second-order valence-corrected chi connectivity index (χ2v) is 28.6. The zero-order valence-corrected chi connectivity index (χ0v) is 62.5. The van der Waals surface area contributed by atoms with Gasteiger partial charge in [-0.1, -0.05) is 336 Å². The maximum Gasteiger partial charge on any atom is 0.130 e. The number of unbranched alkanes of at least 4 members (excludes halogenated alkanes) is 32. The summed E-state index contributed by atoms with van der Waals surface area (Å²) >= 11 is 0. The van der Waals surface area contributed by atoms with Crippen LogP contribution in [0.4, 0.5) is 0 Å². The van der Waals surface area contributed by atoms with Gasteiger partial charge in [-0.25, -0.2) is 0 Å². The number of allylic oxidation sites excluding steroid dienone is 2. The normalized spacial score (nSPS) is 13.1. The summed E-state index contributed by atoms with van der Waals surface area (Å²) in [6.07, 6.45) is 65.1. The Kier molecular flexibility index (Phi) is 52.0. The molecule has 0 saturated heterocycles. The first kappa shape index (κ1) is 83.5. The lowest BCUT2D eigenvalue weighted by Crippen LogP contribution is -2.14. The van der Waals surface area contributed by atoms with Crippen molar-refractivity contribution < 1.29 is 18.9 Å². The van der Waals surface area contributed by atoms with E-state index >= 15 is 0 Å². The fraction of sp³-hybridized carbons (Fsp3) is 0.727. The van der Waals surface area contributed by atoms with Crippen molar-refractivity contribution in [1.82, 2.24) is 0 Å². The van der Waals surface area contributed by atoms with Crippen LogP contribution >= 0.6 is 0 Å². The molecule has 3 aromatic rings. The van der Waals surface area contributed by atoms with Gasteiger partial charge in [-0.05, 0) is 123 Å². The van der Waals surface area contributed by atoms with Crippen LogP contribution in [0.25, 0.3) is 23.3 Å². The minimum absolute atomic E-state index is 0.475. The van der Waals surface area contributed by atoms with Crippen molar-refractivity contribution in [2.45, 2.75) is 364 Å². The molecule has 6 heteroatoms. The maximum atomic E-state index is 11.0. The molecule has 0 N–H and O–H groups in total. The SMILES string of the molecule is CCCCCCCCC(CCCCCC)COc1ccc(/C=C(\C#N)c2ccc(/C(C#N)=C/c3ccc(OCC(CCCCCC)CCCCCCCC)cc3OCC(CCCCCC)CCCCCCCC)cc2)c(OCC(CCCCCC)CCCCCCCC)c1. The van der Waals surface area contributed by atoms with Gasteiger partial charge in [-0.3, -0.25) is 0 Å². The Labute approximate surface area is 581 Å². The molecule has 6 nitrogen and oxygen atoms in total. The van der Waals surface area contributed by atoms with E-state index in [-0.39, 0.29) is 0 Å². The van der Waals surface area contributed by atoms with Gasteiger partial charge >= 0.3 is 0 Å². The van der Waals surface area contributed by atoms with Crippen molar-refractivity contribution in [2.75, 3.05) is 26.4 Å². The van der Waals surface area contributed by atoms with Gasteiger partial charge in [0.25, 0.3) is 0 Å². The third-order valence-electron chi connectivity index (χ3n) is 20.0. The van der Waals surface area contributed by atoms with Crippen LogP contribution < -0.4 is 18.9 Å². The lowest BCUT2D eigenvalue weighted by molar-refractivity contribution is 0.214. The minimum atomic E-state index is 0.475. The standard InChI is InChI=1S/C88H144N2O4/c1-9-17-25-33-37-45-53-75(49-41-29-21-13-5)71-91-85-63-61-81(87(67-85)93-73-77(51-43-31-23-15-7)55-47-39-35-27-19-11-3)65-83(69-89)79-57-59-80(60-58-79)84(70-90)66-82-62-64-86(92-72-76(50-42-30-22-14-6)54-46-38-34-26-18-10-2)68-88(82)94-74-78(52-44-32-24-16-8)56-48-40-36-28-20-12-4/h57-68,75-78H,9-56,71-74H2,1-8H3/b83-65+,84-66+. The van der Waals surface area contributed by atoms with Crippen LogP contribution in [-0.2, 0) is 0 Å². The van der Waals surface area contributed by atoms with E-state index in [1.165, 1.54) is 308 Å². The number of ether oxygens (including phenoxy) is 4. The van der Waals surface area contributed by atoms with Gasteiger partial charge < -0.3 is 18.9 Å². The van der Waals surface area contributed by atoms with Crippen molar-refractivity contribution >= 4 is 23.3 Å². The summed E-state index contributed by atoms with van der Waals surface area (Å²) in [6.45, 7) is 21.1. The fourth-order valence-corrected chi connectivity index (χ4v) is 13.6. The molecule has 0 heterocycles. The van der Waals surface area contributed by atoms with Crippen molar-refractivity contribution in [3.8, 4) is 35.1 Å². The van der Waals surface area contributed by atoms with Gasteiger partial charge in [-0.2, -0.15) is 10.5 Å². The number of rotatable bonds is 64. The molecule has 0 aliphatic rings. The smallest absolute Gasteiger partial charge is 0.130 e. The number of nitrogens with zero attached hydrogens (tertiary/aromatic N) is 2. The van der Waals surface area contributed by atoms with Crippen molar-refractivity contribution in [1.29, 1.82) is 10.5 Å². The van der Waals surface area contributed by atoms with Crippen molar-refractivity contribution in [3.63, 3.8) is 0 Å². The molecule has 0 aliphatic heterocycles. The van der Waals surface area contributed by atoms with Crippen LogP contribution in [0.3, 0.4) is 0 Å². The van der Waals surface area contributed by atoms with E-state index in [0.29, 0.717) is 48.0 Å². The van der Waals surface area contributed by atoms with Gasteiger partial charge in [0.15, 0.2) is 0 Å². The molecule has 0 bridgehead atoms. The van der Waals surface area contributed by atoms with E-state index in [4.69, 9.17) is 18.9 Å². The molecule has 94 heavy (non-hydrogen) atoms. The zero-order chi connectivity index (χ0) is 67.6. The molecular weight excluding hydrogens is 1150 g/mol. The molecule has 0 spiro atoms. The predicted octanol–water partition coefficient (Wildman–Crippen LogP) is 28.7. The summed E-state index contributed by atoms with van der Waals surface area (Å²) in [6, 6.07) is 25.7. The Morgan fingerprint density at radius 2 is 0.500 bits per heavy atom. The third kappa shape index (κ3) is 40.1. The number of hydrogen-bond acceptors (Lipinski definition) is 6. The Bertz CT molecular complexity index is 2240. The van der Waals surface area contributed by atoms with E-state index < -0.39 is 0 Å². The summed E-state index contributed by atoms with van der Waals surface area (Å²) in [7, 11) is 0. The minimum Gasteiger partial charge on any atom is -0.493 e. The van der Waals surface area contributed by atoms with E-state index in [2.05, 4.69) is 104 Å². The maximum absolute atomic E-state index is 11.0. The highest BCUT2D eigenvalue weighted by Crippen LogP contribution is 2.35. The van der Waals surface area contributed by atoms with E-state index in [1.54, 1.807) is 0 Å². The summed E-state index contributed by atoms with van der Waals surface area (Å²) in [4.78, 5) is 0. The lowest BCUT2D eigenvalue weighted by atomic mass is 9.94. The van der Waals surface area contributed by atoms with Crippen molar-refractivity contribution in [2.24, 2.45) is 23.7 Å². The van der Waals surface area contributed by atoms with Gasteiger partial charge in [0.2, 0.25) is 0 Å². The van der Waals surface area contributed by atoms with Crippen LogP contribution in [0.5, 0.6) is 23.0 Å². The predicted molar refractivity (Wildman–Crippen MR) is 409 cm³/mol. The molecule has 0 saturated carbocycles. The highest BCUT2D eigenvalue weighted by atomic mass is 16.5. The average Bonchev–Trinajstić information content (AvgIpc) is 0.876. The van der Waals surface area contributed by atoms with Crippen LogP contribution in [0.1, 0.15) is 386 Å². The first-order valence-corrected chi connectivity index (χ1v) is 40.4. The molecule has 4 atom stereocenters. The fourth-order valence-electron chi connectivity index (χ4n) is 13.6. The molecular formula is C88H144N2O4. The number of hydrogen-bond donors (Lipinski definition) is 0. The lowest BCUT2D eigenvalue weighted by Gasteiger charge is -2.21. The van der Waals surface area contributed by atoms with Crippen LogP contribution in [0.15, 0.2) is 60.7 Å². The molecule has 0 aromatic heterocycles. The van der Waals surface area contributed by atoms with E-state index in [9.17, 15) is 10.5 Å². The molecule has 0 fully saturated rings. The third-order valence-corrected chi connectivity index (χ3v) is 20.0. The summed E-state index contributed by atoms with van der Waals surface area (Å²) in [5.74, 6) is 5.26. The quantitative estimate of drug-likeness (QED) is 0.0318. The van der Waals surface area contributed by atoms with E-state index in [0.717, 1.165) is 58.5 Å².